The minimum Gasteiger partial charge on any atom is -0.398 e. The second-order valence-electron chi connectivity index (χ2n) is 3.28. The van der Waals surface area contributed by atoms with E-state index in [1.807, 2.05) is 30.3 Å². The number of carbonyl (C=O) groups is 1. The molecule has 0 aliphatic carbocycles. The molecule has 2 aromatic rings. The first kappa shape index (κ1) is 12.5. The lowest BCUT2D eigenvalue weighted by Gasteiger charge is -2.03. The molecule has 0 aliphatic heterocycles. The molecule has 0 heterocycles. The summed E-state index contributed by atoms with van der Waals surface area (Å²) in [4.78, 5) is 12.0. The highest BCUT2D eigenvalue weighted by Gasteiger charge is 2.10. The molecular formula is C13H12BrNO. The Bertz CT molecular complexity index is 482. The predicted molar refractivity (Wildman–Crippen MR) is 71.1 cm³/mol. The number of anilines is 1. The van der Waals surface area contributed by atoms with Crippen molar-refractivity contribution < 1.29 is 4.79 Å². The summed E-state index contributed by atoms with van der Waals surface area (Å²) < 4.78 is 0. The van der Waals surface area contributed by atoms with E-state index in [0.717, 1.165) is 0 Å². The molecule has 0 fully saturated rings. The van der Waals surface area contributed by atoms with E-state index in [9.17, 15) is 4.79 Å². The van der Waals surface area contributed by atoms with E-state index < -0.39 is 0 Å². The van der Waals surface area contributed by atoms with Crippen molar-refractivity contribution in [2.45, 2.75) is 0 Å². The van der Waals surface area contributed by atoms with Gasteiger partial charge in [0.2, 0.25) is 0 Å². The number of hydrogen-bond acceptors (Lipinski definition) is 2. The number of para-hydroxylation sites is 1. The van der Waals surface area contributed by atoms with Crippen LogP contribution in [0.3, 0.4) is 0 Å². The lowest BCUT2D eigenvalue weighted by Crippen LogP contribution is -2.04. The third kappa shape index (κ3) is 2.49. The van der Waals surface area contributed by atoms with Gasteiger partial charge in [0, 0.05) is 16.8 Å². The second kappa shape index (κ2) is 5.47. The average molecular weight is 278 g/mol. The summed E-state index contributed by atoms with van der Waals surface area (Å²) in [6.07, 6.45) is 0. The molecule has 0 amide bonds. The molecule has 2 rings (SSSR count). The highest BCUT2D eigenvalue weighted by molar-refractivity contribution is 8.93. The molecule has 3 heteroatoms. The van der Waals surface area contributed by atoms with E-state index in [-0.39, 0.29) is 22.8 Å². The molecule has 82 valence electrons. The highest BCUT2D eigenvalue weighted by Crippen LogP contribution is 2.15. The Kier molecular flexibility index (Phi) is 4.26. The summed E-state index contributed by atoms with van der Waals surface area (Å²) in [5.74, 6) is -0.0336. The van der Waals surface area contributed by atoms with Crippen LogP contribution < -0.4 is 5.73 Å². The molecule has 2 N–H and O–H groups in total. The first-order valence-electron chi connectivity index (χ1n) is 4.73. The van der Waals surface area contributed by atoms with Crippen molar-refractivity contribution in [2.75, 3.05) is 5.73 Å². The molecule has 16 heavy (non-hydrogen) atoms. The van der Waals surface area contributed by atoms with Gasteiger partial charge in [0.05, 0.1) is 0 Å². The normalized spacial score (nSPS) is 9.25. The Morgan fingerprint density at radius 3 is 2.06 bits per heavy atom. The molecule has 0 radical (unpaired) electrons. The van der Waals surface area contributed by atoms with Gasteiger partial charge in [0.25, 0.3) is 0 Å². The van der Waals surface area contributed by atoms with Crippen LogP contribution in [0.15, 0.2) is 54.6 Å². The van der Waals surface area contributed by atoms with E-state index in [2.05, 4.69) is 0 Å². The summed E-state index contributed by atoms with van der Waals surface area (Å²) in [5.41, 5.74) is 7.48. The van der Waals surface area contributed by atoms with Crippen molar-refractivity contribution >= 4 is 28.5 Å². The Morgan fingerprint density at radius 1 is 0.875 bits per heavy atom. The van der Waals surface area contributed by atoms with Crippen LogP contribution in [0.2, 0.25) is 0 Å². The van der Waals surface area contributed by atoms with Gasteiger partial charge in [-0.15, -0.1) is 17.0 Å². The lowest BCUT2D eigenvalue weighted by molar-refractivity contribution is 0.103. The molecular weight excluding hydrogens is 266 g/mol. The second-order valence-corrected chi connectivity index (χ2v) is 3.28. The third-order valence-corrected chi connectivity index (χ3v) is 2.24. The number of rotatable bonds is 2. The zero-order chi connectivity index (χ0) is 10.7. The molecule has 2 nitrogen and oxygen atoms in total. The standard InChI is InChI=1S/C13H11NO.BrH/c14-12-9-5-4-8-11(12)13(15)10-6-2-1-3-7-10;/h1-9H,14H2;1H. The van der Waals surface area contributed by atoms with Crippen molar-refractivity contribution in [1.82, 2.24) is 0 Å². The van der Waals surface area contributed by atoms with Gasteiger partial charge >= 0.3 is 0 Å². The topological polar surface area (TPSA) is 43.1 Å². The van der Waals surface area contributed by atoms with Crippen LogP contribution in [0.25, 0.3) is 0 Å². The summed E-state index contributed by atoms with van der Waals surface area (Å²) in [6, 6.07) is 16.2. The van der Waals surface area contributed by atoms with Crippen molar-refractivity contribution in [1.29, 1.82) is 0 Å². The zero-order valence-corrected chi connectivity index (χ0v) is 10.3. The maximum Gasteiger partial charge on any atom is 0.195 e. The molecule has 0 aromatic heterocycles. The summed E-state index contributed by atoms with van der Waals surface area (Å²) in [7, 11) is 0. The first-order chi connectivity index (χ1) is 7.29. The molecule has 0 saturated heterocycles. The van der Waals surface area contributed by atoms with Gasteiger partial charge in [-0.25, -0.2) is 0 Å². The monoisotopic (exact) mass is 277 g/mol. The maximum atomic E-state index is 12.0. The fourth-order valence-corrected chi connectivity index (χ4v) is 1.45. The van der Waals surface area contributed by atoms with Crippen LogP contribution >= 0.6 is 17.0 Å². The number of nitrogens with two attached hydrogens (primary N) is 1. The number of hydrogen-bond donors (Lipinski definition) is 1. The van der Waals surface area contributed by atoms with Crippen molar-refractivity contribution in [3.63, 3.8) is 0 Å². The number of benzene rings is 2. The van der Waals surface area contributed by atoms with E-state index in [4.69, 9.17) is 5.73 Å². The number of halogens is 1. The van der Waals surface area contributed by atoms with Gasteiger partial charge in [-0.1, -0.05) is 42.5 Å². The van der Waals surface area contributed by atoms with Crippen LogP contribution in [0.5, 0.6) is 0 Å². The Labute approximate surface area is 105 Å². The number of ketones is 1. The van der Waals surface area contributed by atoms with Gasteiger partial charge in [-0.05, 0) is 12.1 Å². The quantitative estimate of drug-likeness (QED) is 0.677. The molecule has 0 aliphatic rings. The Balaban J connectivity index is 0.00000128. The molecule has 0 spiro atoms. The minimum atomic E-state index is -0.0336. The minimum absolute atomic E-state index is 0. The first-order valence-corrected chi connectivity index (χ1v) is 4.73. The molecule has 0 bridgehead atoms. The fourth-order valence-electron chi connectivity index (χ4n) is 1.45. The van der Waals surface area contributed by atoms with Gasteiger partial charge in [0.15, 0.2) is 5.78 Å². The van der Waals surface area contributed by atoms with Crippen molar-refractivity contribution in [2.24, 2.45) is 0 Å². The van der Waals surface area contributed by atoms with Crippen LogP contribution in [0, 0.1) is 0 Å². The van der Waals surface area contributed by atoms with Crippen LogP contribution in [-0.2, 0) is 0 Å². The fraction of sp³-hybridized carbons (Fsp3) is 0. The van der Waals surface area contributed by atoms with Crippen LogP contribution in [-0.4, -0.2) is 5.78 Å². The zero-order valence-electron chi connectivity index (χ0n) is 8.59. The smallest absolute Gasteiger partial charge is 0.195 e. The van der Waals surface area contributed by atoms with E-state index in [0.29, 0.717) is 16.8 Å². The predicted octanol–water partition coefficient (Wildman–Crippen LogP) is 3.08. The number of nitrogen functional groups attached to an aromatic ring is 1. The number of carbonyl (C=O) groups excluding carboxylic acids is 1. The molecule has 0 saturated carbocycles. The van der Waals surface area contributed by atoms with Gasteiger partial charge in [-0.3, -0.25) is 4.79 Å². The lowest BCUT2D eigenvalue weighted by atomic mass is 10.0. The largest absolute Gasteiger partial charge is 0.398 e. The van der Waals surface area contributed by atoms with Crippen LogP contribution in [0.4, 0.5) is 5.69 Å². The van der Waals surface area contributed by atoms with Gasteiger partial charge in [-0.2, -0.15) is 0 Å². The van der Waals surface area contributed by atoms with Crippen LogP contribution in [0.1, 0.15) is 15.9 Å². The van der Waals surface area contributed by atoms with Gasteiger partial charge < -0.3 is 5.73 Å². The van der Waals surface area contributed by atoms with E-state index in [1.165, 1.54) is 0 Å². The molecule has 2 aromatic carbocycles. The molecule has 0 unspecified atom stereocenters. The highest BCUT2D eigenvalue weighted by atomic mass is 79.9. The summed E-state index contributed by atoms with van der Waals surface area (Å²) >= 11 is 0. The summed E-state index contributed by atoms with van der Waals surface area (Å²) in [6.45, 7) is 0. The van der Waals surface area contributed by atoms with E-state index >= 15 is 0 Å². The SMILES string of the molecule is Br.Nc1ccccc1C(=O)c1ccccc1. The average Bonchev–Trinajstić information content (AvgIpc) is 2.30. The van der Waals surface area contributed by atoms with Gasteiger partial charge in [0.1, 0.15) is 0 Å². The summed E-state index contributed by atoms with van der Waals surface area (Å²) in [5, 5.41) is 0. The maximum absolute atomic E-state index is 12.0. The van der Waals surface area contributed by atoms with E-state index in [1.54, 1.807) is 24.3 Å². The van der Waals surface area contributed by atoms with Crippen molar-refractivity contribution in [3.05, 3.63) is 65.7 Å². The Hall–Kier alpha value is -1.61. The Morgan fingerprint density at radius 2 is 1.44 bits per heavy atom. The molecule has 0 atom stereocenters. The third-order valence-electron chi connectivity index (χ3n) is 2.24. The van der Waals surface area contributed by atoms with Crippen molar-refractivity contribution in [3.8, 4) is 0 Å².